The van der Waals surface area contributed by atoms with Crippen LogP contribution < -0.4 is 4.74 Å². The van der Waals surface area contributed by atoms with Gasteiger partial charge >= 0.3 is 0 Å². The van der Waals surface area contributed by atoms with Gasteiger partial charge in [-0.25, -0.2) is 0 Å². The Balaban J connectivity index is 2.31. The van der Waals surface area contributed by atoms with Crippen LogP contribution >= 0.6 is 0 Å². The van der Waals surface area contributed by atoms with E-state index in [2.05, 4.69) is 6.07 Å². The average Bonchev–Trinajstić information content (AvgIpc) is 2.39. The summed E-state index contributed by atoms with van der Waals surface area (Å²) in [6.45, 7) is 2.74. The summed E-state index contributed by atoms with van der Waals surface area (Å²) in [7, 11) is 1.63. The monoisotopic (exact) mass is 236 g/mol. The van der Waals surface area contributed by atoms with Crippen LogP contribution in [0.3, 0.4) is 0 Å². The molecular weight excluding hydrogens is 216 g/mol. The standard InChI is InChI=1S/C14H20O3/c1-3-12(16-2)13(15)11-8-4-6-10-7-5-9-17-14(10)11/h4,6,8,12-13,15H,3,5,7,9H2,1-2H3. The van der Waals surface area contributed by atoms with Crippen molar-refractivity contribution in [2.75, 3.05) is 13.7 Å². The number of hydrogen-bond acceptors (Lipinski definition) is 3. The highest BCUT2D eigenvalue weighted by Gasteiger charge is 2.24. The van der Waals surface area contributed by atoms with Crippen LogP contribution in [0.1, 0.15) is 37.0 Å². The Hall–Kier alpha value is -1.06. The van der Waals surface area contributed by atoms with Gasteiger partial charge in [0.05, 0.1) is 12.7 Å². The Bertz CT molecular complexity index is 372. The number of hydrogen-bond donors (Lipinski definition) is 1. The number of rotatable bonds is 4. The molecule has 1 N–H and O–H groups in total. The average molecular weight is 236 g/mol. The third-order valence-electron chi connectivity index (χ3n) is 3.34. The maximum absolute atomic E-state index is 10.3. The quantitative estimate of drug-likeness (QED) is 0.872. The first kappa shape index (κ1) is 12.4. The molecule has 1 aromatic carbocycles. The summed E-state index contributed by atoms with van der Waals surface area (Å²) in [4.78, 5) is 0. The second-order valence-electron chi connectivity index (χ2n) is 4.41. The first-order chi connectivity index (χ1) is 8.27. The molecule has 0 spiro atoms. The Morgan fingerprint density at radius 3 is 3.00 bits per heavy atom. The molecule has 0 amide bonds. The molecule has 2 atom stereocenters. The van der Waals surface area contributed by atoms with Gasteiger partial charge in [0.2, 0.25) is 0 Å². The zero-order valence-electron chi connectivity index (χ0n) is 10.5. The fourth-order valence-electron chi connectivity index (χ4n) is 2.37. The van der Waals surface area contributed by atoms with Gasteiger partial charge in [0, 0.05) is 12.7 Å². The molecule has 1 aromatic rings. The van der Waals surface area contributed by atoms with Crippen molar-refractivity contribution < 1.29 is 14.6 Å². The van der Waals surface area contributed by atoms with E-state index < -0.39 is 6.10 Å². The van der Waals surface area contributed by atoms with E-state index in [0.717, 1.165) is 37.2 Å². The fraction of sp³-hybridized carbons (Fsp3) is 0.571. The highest BCUT2D eigenvalue weighted by molar-refractivity contribution is 5.44. The number of fused-ring (bicyclic) bond motifs is 1. The van der Waals surface area contributed by atoms with Gasteiger partial charge in [-0.3, -0.25) is 0 Å². The van der Waals surface area contributed by atoms with E-state index >= 15 is 0 Å². The predicted molar refractivity (Wildman–Crippen MR) is 66.3 cm³/mol. The smallest absolute Gasteiger partial charge is 0.128 e. The molecule has 0 aromatic heterocycles. The van der Waals surface area contributed by atoms with E-state index in [1.165, 1.54) is 5.56 Å². The van der Waals surface area contributed by atoms with Crippen molar-refractivity contribution in [3.8, 4) is 5.75 Å². The van der Waals surface area contributed by atoms with Gasteiger partial charge in [0.25, 0.3) is 0 Å². The molecule has 1 heterocycles. The van der Waals surface area contributed by atoms with Crippen molar-refractivity contribution in [3.05, 3.63) is 29.3 Å². The van der Waals surface area contributed by atoms with Gasteiger partial charge in [-0.2, -0.15) is 0 Å². The SMILES string of the molecule is CCC(OC)C(O)c1cccc2c1OCCC2. The molecule has 17 heavy (non-hydrogen) atoms. The highest BCUT2D eigenvalue weighted by atomic mass is 16.5. The minimum Gasteiger partial charge on any atom is -0.493 e. The second kappa shape index (κ2) is 5.52. The Morgan fingerprint density at radius 2 is 2.29 bits per heavy atom. The minimum absolute atomic E-state index is 0.174. The van der Waals surface area contributed by atoms with Crippen LogP contribution in [0.15, 0.2) is 18.2 Å². The van der Waals surface area contributed by atoms with E-state index in [9.17, 15) is 5.11 Å². The molecular formula is C14H20O3. The molecule has 0 saturated carbocycles. The van der Waals surface area contributed by atoms with Gasteiger partial charge in [0.15, 0.2) is 0 Å². The van der Waals surface area contributed by atoms with Gasteiger partial charge in [-0.05, 0) is 24.8 Å². The van der Waals surface area contributed by atoms with Crippen molar-refractivity contribution in [2.24, 2.45) is 0 Å². The lowest BCUT2D eigenvalue weighted by Crippen LogP contribution is -2.22. The number of para-hydroxylation sites is 1. The van der Waals surface area contributed by atoms with Crippen molar-refractivity contribution in [3.63, 3.8) is 0 Å². The lowest BCUT2D eigenvalue weighted by Gasteiger charge is -2.26. The van der Waals surface area contributed by atoms with Crippen molar-refractivity contribution in [1.29, 1.82) is 0 Å². The second-order valence-corrected chi connectivity index (χ2v) is 4.41. The summed E-state index contributed by atoms with van der Waals surface area (Å²) in [6.07, 6.45) is 2.07. The number of aliphatic hydroxyl groups is 1. The molecule has 3 heteroatoms. The van der Waals surface area contributed by atoms with Crippen LogP contribution in [0.4, 0.5) is 0 Å². The Morgan fingerprint density at radius 1 is 1.47 bits per heavy atom. The zero-order chi connectivity index (χ0) is 12.3. The number of benzene rings is 1. The van der Waals surface area contributed by atoms with E-state index in [4.69, 9.17) is 9.47 Å². The maximum atomic E-state index is 10.3. The molecule has 2 unspecified atom stereocenters. The molecule has 3 nitrogen and oxygen atoms in total. The molecule has 0 bridgehead atoms. The number of aryl methyl sites for hydroxylation is 1. The minimum atomic E-state index is -0.613. The van der Waals surface area contributed by atoms with E-state index in [-0.39, 0.29) is 6.10 Å². The molecule has 2 rings (SSSR count). The van der Waals surface area contributed by atoms with Gasteiger partial charge in [-0.1, -0.05) is 25.1 Å². The molecule has 94 valence electrons. The molecule has 1 aliphatic rings. The lowest BCUT2D eigenvalue weighted by molar-refractivity contribution is -0.0162. The number of methoxy groups -OCH3 is 1. The Labute approximate surface area is 102 Å². The zero-order valence-corrected chi connectivity index (χ0v) is 10.5. The molecule has 1 aliphatic heterocycles. The number of aliphatic hydroxyl groups excluding tert-OH is 1. The van der Waals surface area contributed by atoms with E-state index in [0.29, 0.717) is 0 Å². The fourth-order valence-corrected chi connectivity index (χ4v) is 2.37. The van der Waals surface area contributed by atoms with E-state index in [1.54, 1.807) is 7.11 Å². The van der Waals surface area contributed by atoms with Crippen LogP contribution in [0, 0.1) is 0 Å². The third-order valence-corrected chi connectivity index (χ3v) is 3.34. The molecule has 0 aliphatic carbocycles. The maximum Gasteiger partial charge on any atom is 0.128 e. The topological polar surface area (TPSA) is 38.7 Å². The van der Waals surface area contributed by atoms with Crippen molar-refractivity contribution in [1.82, 2.24) is 0 Å². The van der Waals surface area contributed by atoms with Gasteiger partial charge in [0.1, 0.15) is 11.9 Å². The van der Waals surface area contributed by atoms with Crippen LogP contribution in [0.2, 0.25) is 0 Å². The summed E-state index contributed by atoms with van der Waals surface area (Å²) in [5.41, 5.74) is 2.05. The van der Waals surface area contributed by atoms with Gasteiger partial charge < -0.3 is 14.6 Å². The third kappa shape index (κ3) is 2.45. The highest BCUT2D eigenvalue weighted by Crippen LogP contribution is 2.35. The van der Waals surface area contributed by atoms with Gasteiger partial charge in [-0.15, -0.1) is 0 Å². The predicted octanol–water partition coefficient (Wildman–Crippen LogP) is 2.47. The first-order valence-electron chi connectivity index (χ1n) is 6.23. The van der Waals surface area contributed by atoms with E-state index in [1.807, 2.05) is 19.1 Å². The van der Waals surface area contributed by atoms with Crippen molar-refractivity contribution >= 4 is 0 Å². The summed E-state index contributed by atoms with van der Waals surface area (Å²) in [5, 5.41) is 10.3. The normalized spacial score (nSPS) is 18.1. The van der Waals surface area contributed by atoms with Crippen LogP contribution in [-0.4, -0.2) is 24.9 Å². The van der Waals surface area contributed by atoms with Crippen molar-refractivity contribution in [2.45, 2.75) is 38.4 Å². The number of ether oxygens (including phenoxy) is 2. The molecule has 0 saturated heterocycles. The molecule has 0 fully saturated rings. The molecule has 0 radical (unpaired) electrons. The largest absolute Gasteiger partial charge is 0.493 e. The lowest BCUT2D eigenvalue weighted by atomic mass is 9.96. The summed E-state index contributed by atoms with van der Waals surface area (Å²) in [6, 6.07) is 5.98. The summed E-state index contributed by atoms with van der Waals surface area (Å²) >= 11 is 0. The summed E-state index contributed by atoms with van der Waals surface area (Å²) < 4.78 is 11.0. The van der Waals surface area contributed by atoms with Crippen LogP contribution in [-0.2, 0) is 11.2 Å². The first-order valence-corrected chi connectivity index (χ1v) is 6.23. The van der Waals surface area contributed by atoms with Crippen LogP contribution in [0.5, 0.6) is 5.75 Å². The van der Waals surface area contributed by atoms with Crippen LogP contribution in [0.25, 0.3) is 0 Å². The Kier molecular flexibility index (Phi) is 4.02. The summed E-state index contributed by atoms with van der Waals surface area (Å²) in [5.74, 6) is 0.863.